The Labute approximate surface area is 88.8 Å². The van der Waals surface area contributed by atoms with E-state index in [0.717, 1.165) is 24.2 Å². The van der Waals surface area contributed by atoms with Crippen molar-refractivity contribution in [2.45, 2.75) is 13.3 Å². The highest BCUT2D eigenvalue weighted by molar-refractivity contribution is 5.94. The molecule has 0 bridgehead atoms. The number of aliphatic carboxylic acids is 1. The number of carboxylic acid groups (broad SMARTS) is 1. The van der Waals surface area contributed by atoms with Crippen molar-refractivity contribution in [3.05, 3.63) is 11.1 Å². The molecule has 0 spiro atoms. The fourth-order valence-corrected chi connectivity index (χ4v) is 1.32. The maximum atomic E-state index is 11.7. The van der Waals surface area contributed by atoms with Gasteiger partial charge in [0, 0.05) is 32.3 Å². The first-order chi connectivity index (χ1) is 7.02. The molecule has 84 valence electrons. The van der Waals surface area contributed by atoms with E-state index in [0.29, 0.717) is 0 Å². The molecule has 1 fully saturated rings. The Bertz CT molecular complexity index is 304. The molecule has 1 rings (SSSR count). The number of carboxylic acids is 1. The third-order valence-electron chi connectivity index (χ3n) is 2.54. The van der Waals surface area contributed by atoms with Crippen molar-refractivity contribution < 1.29 is 14.7 Å². The maximum absolute atomic E-state index is 11.7. The predicted octanol–water partition coefficient (Wildman–Crippen LogP) is -0.161. The van der Waals surface area contributed by atoms with Gasteiger partial charge in [-0.05, 0) is 12.5 Å². The summed E-state index contributed by atoms with van der Waals surface area (Å²) in [5, 5.41) is 11.6. The number of likely N-dealkylation sites (N-methyl/N-ethyl adjacent to an activating group) is 1. The number of rotatable bonds is 4. The fourth-order valence-electron chi connectivity index (χ4n) is 1.32. The van der Waals surface area contributed by atoms with E-state index in [2.05, 4.69) is 5.32 Å². The fraction of sp³-hybridized carbons (Fsp3) is 0.600. The van der Waals surface area contributed by atoms with Crippen LogP contribution in [0.25, 0.3) is 0 Å². The van der Waals surface area contributed by atoms with E-state index in [1.807, 2.05) is 0 Å². The normalized spacial score (nSPS) is 14.4. The van der Waals surface area contributed by atoms with Gasteiger partial charge in [-0.1, -0.05) is 0 Å². The van der Waals surface area contributed by atoms with Crippen molar-refractivity contribution in [1.29, 1.82) is 0 Å². The number of carbonyl (C=O) groups excluding carboxylic acids is 1. The van der Waals surface area contributed by atoms with Gasteiger partial charge in [-0.25, -0.2) is 0 Å². The summed E-state index contributed by atoms with van der Waals surface area (Å²) in [6.45, 7) is 3.58. The van der Waals surface area contributed by atoms with Crippen molar-refractivity contribution in [3.63, 3.8) is 0 Å². The summed E-state index contributed by atoms with van der Waals surface area (Å²) in [5.74, 6) is -0.960. The maximum Gasteiger partial charge on any atom is 0.305 e. The number of hydrogen-bond acceptors (Lipinski definition) is 3. The molecule has 15 heavy (non-hydrogen) atoms. The first-order valence-corrected chi connectivity index (χ1v) is 4.89. The minimum absolute atomic E-state index is 0.0108. The average Bonchev–Trinajstić information content (AvgIpc) is 2.09. The summed E-state index contributed by atoms with van der Waals surface area (Å²) >= 11 is 0. The molecular formula is C10H16N2O3. The monoisotopic (exact) mass is 212 g/mol. The molecule has 1 aliphatic heterocycles. The van der Waals surface area contributed by atoms with Crippen LogP contribution in [-0.4, -0.2) is 48.6 Å². The molecule has 0 aromatic heterocycles. The van der Waals surface area contributed by atoms with E-state index in [1.165, 1.54) is 4.90 Å². The topological polar surface area (TPSA) is 69.6 Å². The molecule has 5 heteroatoms. The lowest BCUT2D eigenvalue weighted by atomic mass is 10.0. The number of nitrogens with one attached hydrogen (secondary N) is 1. The Morgan fingerprint density at radius 3 is 2.47 bits per heavy atom. The van der Waals surface area contributed by atoms with Crippen molar-refractivity contribution in [2.24, 2.45) is 0 Å². The average molecular weight is 212 g/mol. The number of carbonyl (C=O) groups is 2. The van der Waals surface area contributed by atoms with Crippen LogP contribution in [0.1, 0.15) is 13.3 Å². The highest BCUT2D eigenvalue weighted by Crippen LogP contribution is 2.11. The molecule has 1 saturated heterocycles. The molecule has 0 saturated carbocycles. The van der Waals surface area contributed by atoms with Gasteiger partial charge in [0.05, 0.1) is 6.42 Å². The number of amides is 1. The number of nitrogens with zero attached hydrogens (tertiary/aromatic N) is 1. The predicted molar refractivity (Wildman–Crippen MR) is 55.5 cm³/mol. The van der Waals surface area contributed by atoms with Crippen LogP contribution in [0.5, 0.6) is 0 Å². The van der Waals surface area contributed by atoms with Gasteiger partial charge in [0.15, 0.2) is 0 Å². The van der Waals surface area contributed by atoms with Crippen molar-refractivity contribution in [1.82, 2.24) is 10.2 Å². The van der Waals surface area contributed by atoms with Crippen LogP contribution in [0.2, 0.25) is 0 Å². The number of hydrogen-bond donors (Lipinski definition) is 2. The van der Waals surface area contributed by atoms with Gasteiger partial charge < -0.3 is 15.3 Å². The lowest BCUT2D eigenvalue weighted by Gasteiger charge is -2.24. The minimum Gasteiger partial charge on any atom is -0.481 e. The minimum atomic E-state index is -0.884. The van der Waals surface area contributed by atoms with Gasteiger partial charge in [0.2, 0.25) is 5.91 Å². The van der Waals surface area contributed by atoms with Gasteiger partial charge in [0.1, 0.15) is 0 Å². The molecule has 0 unspecified atom stereocenters. The highest BCUT2D eigenvalue weighted by Gasteiger charge is 2.18. The van der Waals surface area contributed by atoms with E-state index in [1.54, 1.807) is 14.0 Å². The molecule has 5 nitrogen and oxygen atoms in total. The second kappa shape index (κ2) is 4.93. The summed E-state index contributed by atoms with van der Waals surface area (Å²) in [4.78, 5) is 23.5. The Kier molecular flexibility index (Phi) is 3.85. The smallest absolute Gasteiger partial charge is 0.305 e. The van der Waals surface area contributed by atoms with E-state index >= 15 is 0 Å². The van der Waals surface area contributed by atoms with Crippen LogP contribution in [-0.2, 0) is 9.59 Å². The Morgan fingerprint density at radius 2 is 2.07 bits per heavy atom. The van der Waals surface area contributed by atoms with Crippen LogP contribution in [0.4, 0.5) is 0 Å². The first kappa shape index (κ1) is 11.7. The molecule has 0 radical (unpaired) electrons. The summed E-state index contributed by atoms with van der Waals surface area (Å²) in [7, 11) is 1.63. The highest BCUT2D eigenvalue weighted by atomic mass is 16.4. The molecule has 0 atom stereocenters. The molecule has 0 aromatic rings. The zero-order valence-corrected chi connectivity index (χ0v) is 9.04. The zero-order chi connectivity index (χ0) is 11.4. The third kappa shape index (κ3) is 3.06. The van der Waals surface area contributed by atoms with Crippen molar-refractivity contribution >= 4 is 11.9 Å². The first-order valence-electron chi connectivity index (χ1n) is 4.89. The lowest BCUT2D eigenvalue weighted by Crippen LogP contribution is -2.38. The van der Waals surface area contributed by atoms with Crippen molar-refractivity contribution in [3.8, 4) is 0 Å². The van der Waals surface area contributed by atoms with Gasteiger partial charge in [0.25, 0.3) is 0 Å². The summed E-state index contributed by atoms with van der Waals surface area (Å²) in [6.07, 6.45) is -0.0108. The standard InChI is InChI=1S/C10H16N2O3/c1-7(8-5-11-6-8)10(15)12(2)4-3-9(13)14/h11H,3-6H2,1-2H3,(H,13,14). The third-order valence-corrected chi connectivity index (χ3v) is 2.54. The second-order valence-electron chi connectivity index (χ2n) is 3.70. The summed E-state index contributed by atoms with van der Waals surface area (Å²) < 4.78 is 0. The molecule has 2 N–H and O–H groups in total. The van der Waals surface area contributed by atoms with Crippen LogP contribution in [0, 0.1) is 0 Å². The molecular weight excluding hydrogens is 196 g/mol. The van der Waals surface area contributed by atoms with Crippen LogP contribution in [0.15, 0.2) is 11.1 Å². The van der Waals surface area contributed by atoms with E-state index in [9.17, 15) is 9.59 Å². The largest absolute Gasteiger partial charge is 0.481 e. The van der Waals surface area contributed by atoms with E-state index in [4.69, 9.17) is 5.11 Å². The Balaban J connectivity index is 2.48. The van der Waals surface area contributed by atoms with Crippen LogP contribution < -0.4 is 5.32 Å². The molecule has 0 aliphatic carbocycles. The SMILES string of the molecule is CC(C(=O)N(C)CCC(=O)O)=C1CNC1. The molecule has 1 amide bonds. The van der Waals surface area contributed by atoms with Crippen molar-refractivity contribution in [2.75, 3.05) is 26.7 Å². The Hall–Kier alpha value is -1.36. The molecule has 1 heterocycles. The van der Waals surface area contributed by atoms with Gasteiger partial charge in [-0.15, -0.1) is 0 Å². The molecule has 0 aromatic carbocycles. The van der Waals surface area contributed by atoms with Gasteiger partial charge >= 0.3 is 5.97 Å². The van der Waals surface area contributed by atoms with Gasteiger partial charge in [-0.2, -0.15) is 0 Å². The second-order valence-corrected chi connectivity index (χ2v) is 3.70. The van der Waals surface area contributed by atoms with E-state index < -0.39 is 5.97 Å². The van der Waals surface area contributed by atoms with Gasteiger partial charge in [-0.3, -0.25) is 9.59 Å². The lowest BCUT2D eigenvalue weighted by molar-refractivity contribution is -0.137. The quantitative estimate of drug-likeness (QED) is 0.635. The van der Waals surface area contributed by atoms with Crippen LogP contribution >= 0.6 is 0 Å². The zero-order valence-electron chi connectivity index (χ0n) is 9.04. The van der Waals surface area contributed by atoms with Crippen LogP contribution in [0.3, 0.4) is 0 Å². The summed E-state index contributed by atoms with van der Waals surface area (Å²) in [5.41, 5.74) is 1.85. The molecule has 1 aliphatic rings. The van der Waals surface area contributed by atoms with E-state index in [-0.39, 0.29) is 18.9 Å². The Morgan fingerprint density at radius 1 is 1.47 bits per heavy atom. The summed E-state index contributed by atoms with van der Waals surface area (Å²) in [6, 6.07) is 0.